The average molecular weight is 351 g/mol. The topological polar surface area (TPSA) is 38.3 Å². The fraction of sp³-hybridized carbons (Fsp3) is 0.435. The molecule has 0 fully saturated rings. The molecular formula is C23H29NO2. The lowest BCUT2D eigenvalue weighted by Crippen LogP contribution is -2.44. The van der Waals surface area contributed by atoms with Crippen LogP contribution in [0.1, 0.15) is 61.4 Å². The summed E-state index contributed by atoms with van der Waals surface area (Å²) < 4.78 is 6.33. The molecule has 1 aliphatic rings. The van der Waals surface area contributed by atoms with E-state index in [1.165, 1.54) is 11.1 Å². The lowest BCUT2D eigenvalue weighted by Gasteiger charge is -2.41. The van der Waals surface area contributed by atoms with E-state index in [2.05, 4.69) is 51.2 Å². The molecule has 0 unspecified atom stereocenters. The number of aryl methyl sites for hydroxylation is 2. The summed E-state index contributed by atoms with van der Waals surface area (Å²) in [5.74, 6) is 0.968. The van der Waals surface area contributed by atoms with Gasteiger partial charge < -0.3 is 10.1 Å². The molecular weight excluding hydrogens is 322 g/mol. The molecule has 3 heteroatoms. The summed E-state index contributed by atoms with van der Waals surface area (Å²) in [6, 6.07) is 14.3. The van der Waals surface area contributed by atoms with Crippen molar-refractivity contribution in [3.63, 3.8) is 0 Å². The second kappa shape index (κ2) is 7.53. The molecule has 1 amide bonds. The quantitative estimate of drug-likeness (QED) is 0.819. The molecule has 1 heterocycles. The molecule has 3 rings (SSSR count). The highest BCUT2D eigenvalue weighted by molar-refractivity contribution is 5.79. The third kappa shape index (κ3) is 3.77. The Hall–Kier alpha value is -2.29. The van der Waals surface area contributed by atoms with E-state index in [1.807, 2.05) is 24.3 Å². The zero-order valence-corrected chi connectivity index (χ0v) is 16.3. The van der Waals surface area contributed by atoms with Gasteiger partial charge in [0.2, 0.25) is 5.91 Å². The Balaban J connectivity index is 1.79. The molecule has 0 saturated heterocycles. The van der Waals surface area contributed by atoms with Crippen LogP contribution in [-0.2, 0) is 11.2 Å². The Labute approximate surface area is 156 Å². The van der Waals surface area contributed by atoms with E-state index in [0.717, 1.165) is 36.1 Å². The largest absolute Gasteiger partial charge is 0.487 e. The van der Waals surface area contributed by atoms with Gasteiger partial charge in [-0.05, 0) is 49.4 Å². The Bertz CT molecular complexity index is 793. The van der Waals surface area contributed by atoms with Crippen LogP contribution >= 0.6 is 0 Å². The first-order valence-corrected chi connectivity index (χ1v) is 9.60. The van der Waals surface area contributed by atoms with Gasteiger partial charge in [0.15, 0.2) is 0 Å². The molecule has 0 radical (unpaired) electrons. The highest BCUT2D eigenvalue weighted by Gasteiger charge is 2.38. The Morgan fingerprint density at radius 1 is 1.12 bits per heavy atom. The second-order valence-electron chi connectivity index (χ2n) is 7.45. The van der Waals surface area contributed by atoms with Gasteiger partial charge in [-0.3, -0.25) is 4.79 Å². The van der Waals surface area contributed by atoms with Gasteiger partial charge in [0.05, 0.1) is 12.5 Å². The zero-order chi connectivity index (χ0) is 18.7. The summed E-state index contributed by atoms with van der Waals surface area (Å²) in [5.41, 5.74) is 4.42. The summed E-state index contributed by atoms with van der Waals surface area (Å²) in [6.45, 7) is 8.49. The minimum absolute atomic E-state index is 0.00102. The van der Waals surface area contributed by atoms with Crippen molar-refractivity contribution >= 4 is 5.91 Å². The van der Waals surface area contributed by atoms with Gasteiger partial charge in [0, 0.05) is 12.0 Å². The normalized spacial score (nSPS) is 17.9. The molecule has 2 aromatic rings. The van der Waals surface area contributed by atoms with E-state index < -0.39 is 0 Å². The number of carbonyl (C=O) groups is 1. The lowest BCUT2D eigenvalue weighted by molar-refractivity contribution is -0.121. The van der Waals surface area contributed by atoms with E-state index >= 15 is 0 Å². The van der Waals surface area contributed by atoms with Crippen LogP contribution in [0, 0.1) is 13.8 Å². The van der Waals surface area contributed by atoms with E-state index in [9.17, 15) is 4.79 Å². The zero-order valence-electron chi connectivity index (χ0n) is 16.3. The van der Waals surface area contributed by atoms with Crippen LogP contribution in [0.4, 0.5) is 0 Å². The molecule has 0 bridgehead atoms. The first-order chi connectivity index (χ1) is 12.5. The van der Waals surface area contributed by atoms with Crippen molar-refractivity contribution in [1.82, 2.24) is 5.32 Å². The number of fused-ring (bicyclic) bond motifs is 1. The Morgan fingerprint density at radius 2 is 1.85 bits per heavy atom. The third-order valence-electron chi connectivity index (χ3n) is 5.76. The SMILES string of the molecule is CCC1(CC)C[C@H](NC(=O)Cc2ccc(C)c(C)c2)c2ccccc2O1. The summed E-state index contributed by atoms with van der Waals surface area (Å²) in [7, 11) is 0. The maximum atomic E-state index is 12.7. The molecule has 0 aliphatic carbocycles. The van der Waals surface area contributed by atoms with Crippen LogP contribution in [0.25, 0.3) is 0 Å². The van der Waals surface area contributed by atoms with Crippen molar-refractivity contribution in [2.45, 2.75) is 65.0 Å². The standard InChI is InChI=1S/C23H29NO2/c1-5-23(6-2)15-20(19-9-7-8-10-21(19)26-23)24-22(25)14-18-12-11-16(3)17(4)13-18/h7-13,20H,5-6,14-15H2,1-4H3,(H,24,25)/t20-/m0/s1. The number of rotatable bonds is 5. The fourth-order valence-corrected chi connectivity index (χ4v) is 3.77. The van der Waals surface area contributed by atoms with Crippen molar-refractivity contribution in [3.8, 4) is 5.75 Å². The monoisotopic (exact) mass is 351 g/mol. The number of ether oxygens (including phenoxy) is 1. The van der Waals surface area contributed by atoms with Crippen molar-refractivity contribution in [1.29, 1.82) is 0 Å². The molecule has 138 valence electrons. The predicted octanol–water partition coefficient (Wildman–Crippen LogP) is 5.04. The number of para-hydroxylation sites is 1. The maximum Gasteiger partial charge on any atom is 0.224 e. The van der Waals surface area contributed by atoms with E-state index in [0.29, 0.717) is 6.42 Å². The molecule has 0 aromatic heterocycles. The first kappa shape index (κ1) is 18.5. The van der Waals surface area contributed by atoms with E-state index in [1.54, 1.807) is 0 Å². The van der Waals surface area contributed by atoms with Gasteiger partial charge in [0.1, 0.15) is 11.4 Å². The van der Waals surface area contributed by atoms with Gasteiger partial charge in [-0.1, -0.05) is 50.2 Å². The molecule has 0 saturated carbocycles. The summed E-state index contributed by atoms with van der Waals surface area (Å²) in [5, 5.41) is 3.26. The number of hydrogen-bond donors (Lipinski definition) is 1. The molecule has 1 atom stereocenters. The highest BCUT2D eigenvalue weighted by Crippen LogP contribution is 2.42. The van der Waals surface area contributed by atoms with Crippen LogP contribution in [0.3, 0.4) is 0 Å². The number of carbonyl (C=O) groups excluding carboxylic acids is 1. The van der Waals surface area contributed by atoms with Crippen molar-refractivity contribution in [2.75, 3.05) is 0 Å². The van der Waals surface area contributed by atoms with Gasteiger partial charge >= 0.3 is 0 Å². The molecule has 1 N–H and O–H groups in total. The number of benzene rings is 2. The third-order valence-corrected chi connectivity index (χ3v) is 5.76. The van der Waals surface area contributed by atoms with Crippen LogP contribution < -0.4 is 10.1 Å². The van der Waals surface area contributed by atoms with Gasteiger partial charge in [-0.25, -0.2) is 0 Å². The van der Waals surface area contributed by atoms with Gasteiger partial charge in [-0.15, -0.1) is 0 Å². The summed E-state index contributed by atoms with van der Waals surface area (Å²) in [6.07, 6.45) is 3.09. The first-order valence-electron chi connectivity index (χ1n) is 9.60. The maximum absolute atomic E-state index is 12.7. The summed E-state index contributed by atoms with van der Waals surface area (Å²) >= 11 is 0. The smallest absolute Gasteiger partial charge is 0.224 e. The highest BCUT2D eigenvalue weighted by atomic mass is 16.5. The minimum atomic E-state index is -0.202. The predicted molar refractivity (Wildman–Crippen MR) is 106 cm³/mol. The Morgan fingerprint density at radius 3 is 2.54 bits per heavy atom. The number of nitrogens with one attached hydrogen (secondary N) is 1. The molecule has 2 aromatic carbocycles. The molecule has 1 aliphatic heterocycles. The van der Waals surface area contributed by atoms with Crippen LogP contribution in [-0.4, -0.2) is 11.5 Å². The average Bonchev–Trinajstić information content (AvgIpc) is 2.64. The van der Waals surface area contributed by atoms with Gasteiger partial charge in [0.25, 0.3) is 0 Å². The Kier molecular flexibility index (Phi) is 5.36. The van der Waals surface area contributed by atoms with Crippen molar-refractivity contribution in [2.24, 2.45) is 0 Å². The van der Waals surface area contributed by atoms with Gasteiger partial charge in [-0.2, -0.15) is 0 Å². The van der Waals surface area contributed by atoms with Crippen LogP contribution in [0.2, 0.25) is 0 Å². The lowest BCUT2D eigenvalue weighted by atomic mass is 9.83. The van der Waals surface area contributed by atoms with Crippen LogP contribution in [0.5, 0.6) is 5.75 Å². The molecule has 0 spiro atoms. The minimum Gasteiger partial charge on any atom is -0.487 e. The fourth-order valence-electron chi connectivity index (χ4n) is 3.77. The molecule has 3 nitrogen and oxygen atoms in total. The molecule has 26 heavy (non-hydrogen) atoms. The number of hydrogen-bond acceptors (Lipinski definition) is 2. The van der Waals surface area contributed by atoms with E-state index in [-0.39, 0.29) is 17.6 Å². The van der Waals surface area contributed by atoms with E-state index in [4.69, 9.17) is 4.74 Å². The summed E-state index contributed by atoms with van der Waals surface area (Å²) in [4.78, 5) is 12.7. The van der Waals surface area contributed by atoms with Crippen molar-refractivity contribution in [3.05, 3.63) is 64.7 Å². The number of amides is 1. The van der Waals surface area contributed by atoms with Crippen molar-refractivity contribution < 1.29 is 9.53 Å². The second-order valence-corrected chi connectivity index (χ2v) is 7.45. The van der Waals surface area contributed by atoms with Crippen LogP contribution in [0.15, 0.2) is 42.5 Å².